The van der Waals surface area contributed by atoms with Gasteiger partial charge >= 0.3 is 12.0 Å². The molecule has 4 rings (SSSR count). The third-order valence-electron chi connectivity index (χ3n) is 6.73. The van der Waals surface area contributed by atoms with Gasteiger partial charge in [-0.15, -0.1) is 11.8 Å². The molecule has 1 aliphatic rings. The Balaban J connectivity index is 1.52. The first kappa shape index (κ1) is 28.9. The largest absolute Gasteiger partial charge is 0.479 e. The number of hydrogen-bond donors (Lipinski definition) is 4. The van der Waals surface area contributed by atoms with E-state index in [1.165, 1.54) is 24.0 Å². The van der Waals surface area contributed by atoms with Gasteiger partial charge in [-0.2, -0.15) is 0 Å². The zero-order valence-corrected chi connectivity index (χ0v) is 23.1. The lowest BCUT2D eigenvalue weighted by Gasteiger charge is -2.24. The zero-order chi connectivity index (χ0) is 28.5. The molecule has 0 heterocycles. The smallest absolute Gasteiger partial charge is 0.334 e. The van der Waals surface area contributed by atoms with Crippen LogP contribution in [-0.4, -0.2) is 47.0 Å². The van der Waals surface area contributed by atoms with Crippen molar-refractivity contribution in [3.63, 3.8) is 0 Å². The molecular formula is C31H33N3O5S. The van der Waals surface area contributed by atoms with Gasteiger partial charge < -0.3 is 20.8 Å². The highest BCUT2D eigenvalue weighted by Gasteiger charge is 2.19. The summed E-state index contributed by atoms with van der Waals surface area (Å²) in [4.78, 5) is 39.4. The van der Waals surface area contributed by atoms with E-state index in [-0.39, 0.29) is 12.6 Å². The van der Waals surface area contributed by atoms with Crippen molar-refractivity contribution in [2.75, 3.05) is 23.0 Å². The molecule has 9 heteroatoms. The van der Waals surface area contributed by atoms with Gasteiger partial charge in [0.25, 0.3) is 5.91 Å². The van der Waals surface area contributed by atoms with Gasteiger partial charge in [-0.1, -0.05) is 30.3 Å². The predicted octanol–water partition coefficient (Wildman–Crippen LogP) is 5.78. The van der Waals surface area contributed by atoms with Crippen molar-refractivity contribution in [3.8, 4) is 0 Å². The van der Waals surface area contributed by atoms with Crippen LogP contribution in [-0.2, 0) is 11.3 Å². The Morgan fingerprint density at radius 1 is 0.950 bits per heavy atom. The first-order valence-corrected chi connectivity index (χ1v) is 14.4. The minimum absolute atomic E-state index is 0.260. The average molecular weight is 560 g/mol. The third-order valence-corrected chi connectivity index (χ3v) is 7.47. The van der Waals surface area contributed by atoms with E-state index >= 15 is 0 Å². The number of carboxylic acids is 1. The molecule has 0 aliphatic heterocycles. The van der Waals surface area contributed by atoms with Gasteiger partial charge in [0.2, 0.25) is 0 Å². The number of aliphatic hydroxyl groups is 1. The molecule has 1 atom stereocenters. The quantitative estimate of drug-likeness (QED) is 0.234. The average Bonchev–Trinajstić information content (AvgIpc) is 2.99. The summed E-state index contributed by atoms with van der Waals surface area (Å²) in [5, 5.41) is 23.6. The van der Waals surface area contributed by atoms with Gasteiger partial charge in [0.05, 0.1) is 13.1 Å². The monoisotopic (exact) mass is 559 g/mol. The Kier molecular flexibility index (Phi) is 9.99. The molecule has 0 saturated carbocycles. The van der Waals surface area contributed by atoms with Gasteiger partial charge in [0.1, 0.15) is 0 Å². The third kappa shape index (κ3) is 7.74. The summed E-state index contributed by atoms with van der Waals surface area (Å²) in [7, 11) is 0. The number of anilines is 2. The SMILES string of the molecule is CSc1ccc(NC(=O)N(Cc2ccc(C(=O)NC[C@@H](O)C(=O)O)cc2)c2ccc(C3=CCCCC3)cc2)cc1. The van der Waals surface area contributed by atoms with E-state index < -0.39 is 24.5 Å². The van der Waals surface area contributed by atoms with E-state index in [2.05, 4.69) is 28.8 Å². The van der Waals surface area contributed by atoms with E-state index in [9.17, 15) is 19.5 Å². The normalized spacial score (nSPS) is 13.6. The minimum Gasteiger partial charge on any atom is -0.479 e. The summed E-state index contributed by atoms with van der Waals surface area (Å²) in [5.41, 5.74) is 5.05. The second-order valence-electron chi connectivity index (χ2n) is 9.53. The standard InChI is InChI=1S/C31H33N3O5S/c1-40-27-17-13-25(14-18-27)33-31(39)34(26-15-11-23(12-16-26)22-5-3-2-4-6-22)20-21-7-9-24(10-8-21)29(36)32-19-28(35)30(37)38/h5,7-18,28,35H,2-4,6,19-20H2,1H3,(H,32,36)(H,33,39)(H,37,38)/t28-/m1/s1. The van der Waals surface area contributed by atoms with Crippen LogP contribution in [0.4, 0.5) is 16.2 Å². The molecule has 0 fully saturated rings. The molecule has 0 unspecified atom stereocenters. The molecule has 3 aromatic carbocycles. The lowest BCUT2D eigenvalue weighted by Crippen LogP contribution is -2.36. The van der Waals surface area contributed by atoms with Gasteiger partial charge in [0, 0.05) is 21.8 Å². The van der Waals surface area contributed by atoms with E-state index in [1.54, 1.807) is 40.9 Å². The molecule has 3 amide bonds. The second-order valence-corrected chi connectivity index (χ2v) is 10.4. The number of carbonyl (C=O) groups excluding carboxylic acids is 2. The first-order chi connectivity index (χ1) is 19.3. The molecule has 3 aromatic rings. The van der Waals surface area contributed by atoms with Crippen LogP contribution < -0.4 is 15.5 Å². The van der Waals surface area contributed by atoms with Gasteiger partial charge in [0.15, 0.2) is 6.10 Å². The molecule has 40 heavy (non-hydrogen) atoms. The number of allylic oxidation sites excluding steroid dienone is 2. The Hall–Kier alpha value is -4.08. The summed E-state index contributed by atoms with van der Waals surface area (Å²) in [6.45, 7) is -0.134. The van der Waals surface area contributed by atoms with Crippen molar-refractivity contribution < 1.29 is 24.6 Å². The Morgan fingerprint density at radius 3 is 2.25 bits per heavy atom. The minimum atomic E-state index is -1.67. The predicted molar refractivity (Wildman–Crippen MR) is 159 cm³/mol. The van der Waals surface area contributed by atoms with Crippen molar-refractivity contribution in [2.24, 2.45) is 0 Å². The van der Waals surface area contributed by atoms with Crippen LogP contribution in [0, 0.1) is 0 Å². The number of carboxylic acid groups (broad SMARTS) is 1. The summed E-state index contributed by atoms with van der Waals surface area (Å²) in [5.74, 6) is -1.90. The molecule has 0 radical (unpaired) electrons. The molecule has 0 spiro atoms. The van der Waals surface area contributed by atoms with Gasteiger partial charge in [-0.25, -0.2) is 9.59 Å². The first-order valence-electron chi connectivity index (χ1n) is 13.1. The van der Waals surface area contributed by atoms with Crippen LogP contribution in [0.2, 0.25) is 0 Å². The molecule has 1 aliphatic carbocycles. The molecule has 8 nitrogen and oxygen atoms in total. The lowest BCUT2D eigenvalue weighted by atomic mass is 9.93. The number of thioether (sulfide) groups is 1. The number of benzene rings is 3. The van der Waals surface area contributed by atoms with E-state index in [0.717, 1.165) is 29.0 Å². The number of rotatable bonds is 10. The van der Waals surface area contributed by atoms with Crippen molar-refractivity contribution in [3.05, 3.63) is 95.6 Å². The van der Waals surface area contributed by atoms with E-state index in [4.69, 9.17) is 5.11 Å². The molecule has 0 bridgehead atoms. The number of amides is 3. The topological polar surface area (TPSA) is 119 Å². The van der Waals surface area contributed by atoms with Gasteiger partial charge in [-0.3, -0.25) is 9.69 Å². The summed E-state index contributed by atoms with van der Waals surface area (Å²) >= 11 is 1.63. The van der Waals surface area contributed by atoms with E-state index in [1.807, 2.05) is 42.7 Å². The lowest BCUT2D eigenvalue weighted by molar-refractivity contribution is -0.146. The van der Waals surface area contributed by atoms with Crippen LogP contribution in [0.1, 0.15) is 47.2 Å². The van der Waals surface area contributed by atoms with Crippen LogP contribution >= 0.6 is 11.8 Å². The fourth-order valence-corrected chi connectivity index (χ4v) is 4.83. The van der Waals surface area contributed by atoms with Gasteiger partial charge in [-0.05, 0) is 97.2 Å². The highest BCUT2D eigenvalue weighted by Crippen LogP contribution is 2.29. The van der Waals surface area contributed by atoms with Crippen LogP contribution in [0.15, 0.2) is 83.8 Å². The van der Waals surface area contributed by atoms with Crippen LogP contribution in [0.25, 0.3) is 5.57 Å². The fourth-order valence-electron chi connectivity index (χ4n) is 4.42. The fraction of sp³-hybridized carbons (Fsp3) is 0.258. The second kappa shape index (κ2) is 13.8. The molecule has 4 N–H and O–H groups in total. The Bertz CT molecular complexity index is 1360. The number of hydrogen-bond acceptors (Lipinski definition) is 5. The van der Waals surface area contributed by atoms with Crippen molar-refractivity contribution in [1.82, 2.24) is 5.32 Å². The van der Waals surface area contributed by atoms with Crippen molar-refractivity contribution in [2.45, 2.75) is 43.2 Å². The number of carbonyl (C=O) groups is 3. The van der Waals surface area contributed by atoms with Crippen molar-refractivity contribution >= 4 is 46.6 Å². The summed E-state index contributed by atoms with van der Waals surface area (Å²) in [6, 6.07) is 22.1. The summed E-state index contributed by atoms with van der Waals surface area (Å²) < 4.78 is 0. The Morgan fingerprint density at radius 2 is 1.65 bits per heavy atom. The number of aliphatic carboxylic acids is 1. The number of nitrogens with one attached hydrogen (secondary N) is 2. The number of nitrogens with zero attached hydrogens (tertiary/aromatic N) is 1. The maximum absolute atomic E-state index is 13.5. The molecule has 0 saturated heterocycles. The summed E-state index contributed by atoms with van der Waals surface area (Å²) in [6.07, 6.45) is 7.18. The van der Waals surface area contributed by atoms with Crippen LogP contribution in [0.3, 0.4) is 0 Å². The number of urea groups is 1. The highest BCUT2D eigenvalue weighted by molar-refractivity contribution is 7.98. The van der Waals surface area contributed by atoms with E-state index in [0.29, 0.717) is 11.3 Å². The maximum atomic E-state index is 13.5. The van der Waals surface area contributed by atoms with Crippen LogP contribution in [0.5, 0.6) is 0 Å². The molecule has 0 aromatic heterocycles. The Labute approximate surface area is 238 Å². The number of aliphatic hydroxyl groups excluding tert-OH is 1. The molecular weight excluding hydrogens is 526 g/mol. The maximum Gasteiger partial charge on any atom is 0.334 e. The molecule has 208 valence electrons. The van der Waals surface area contributed by atoms with Crippen molar-refractivity contribution in [1.29, 1.82) is 0 Å². The zero-order valence-electron chi connectivity index (χ0n) is 22.3. The highest BCUT2D eigenvalue weighted by atomic mass is 32.2.